The van der Waals surface area contributed by atoms with Crippen molar-refractivity contribution in [2.24, 2.45) is 0 Å². The lowest BCUT2D eigenvalue weighted by Crippen LogP contribution is -2.43. The Morgan fingerprint density at radius 2 is 1.78 bits per heavy atom. The van der Waals surface area contributed by atoms with E-state index in [4.69, 9.17) is 16.3 Å². The van der Waals surface area contributed by atoms with E-state index < -0.39 is 0 Å². The molecule has 102 valence electrons. The number of hydrogen-bond donors (Lipinski definition) is 1. The molecule has 2 nitrogen and oxygen atoms in total. The molecule has 0 spiro atoms. The average Bonchev–Trinajstić information content (AvgIpc) is 2.39. The van der Waals surface area contributed by atoms with E-state index in [1.54, 1.807) is 7.11 Å². The zero-order valence-corrected chi connectivity index (χ0v) is 12.6. The van der Waals surface area contributed by atoms with E-state index in [-0.39, 0.29) is 11.1 Å². The highest BCUT2D eigenvalue weighted by molar-refractivity contribution is 6.18. The number of benzene rings is 1. The van der Waals surface area contributed by atoms with Gasteiger partial charge < -0.3 is 10.1 Å². The minimum Gasteiger partial charge on any atom is -0.379 e. The van der Waals surface area contributed by atoms with Crippen LogP contribution in [0.5, 0.6) is 0 Å². The molecule has 1 atom stereocenters. The first-order valence-electron chi connectivity index (χ1n) is 6.35. The standard InChI is InChI=1S/C15H24ClNO/c1-14(2,18-4)10-11-17-15(3,12-16)13-8-6-5-7-9-13/h5-9,17H,10-12H2,1-4H3. The van der Waals surface area contributed by atoms with Crippen molar-refractivity contribution in [3.8, 4) is 0 Å². The first-order chi connectivity index (χ1) is 8.43. The normalized spacial score (nSPS) is 15.4. The number of rotatable bonds is 7. The molecule has 0 aromatic heterocycles. The van der Waals surface area contributed by atoms with Crippen molar-refractivity contribution in [3.63, 3.8) is 0 Å². The molecule has 3 heteroatoms. The molecule has 1 unspecified atom stereocenters. The molecule has 0 fully saturated rings. The molecule has 1 aromatic carbocycles. The van der Waals surface area contributed by atoms with Crippen LogP contribution in [0.25, 0.3) is 0 Å². The van der Waals surface area contributed by atoms with Gasteiger partial charge in [-0.15, -0.1) is 11.6 Å². The Labute approximate surface area is 116 Å². The number of ether oxygens (including phenoxy) is 1. The van der Waals surface area contributed by atoms with E-state index in [0.29, 0.717) is 5.88 Å². The van der Waals surface area contributed by atoms with Crippen molar-refractivity contribution in [2.75, 3.05) is 19.5 Å². The van der Waals surface area contributed by atoms with Crippen molar-refractivity contribution in [1.82, 2.24) is 5.32 Å². The average molecular weight is 270 g/mol. The largest absolute Gasteiger partial charge is 0.379 e. The van der Waals surface area contributed by atoms with Gasteiger partial charge in [-0.1, -0.05) is 30.3 Å². The van der Waals surface area contributed by atoms with Crippen LogP contribution < -0.4 is 5.32 Å². The van der Waals surface area contributed by atoms with Gasteiger partial charge in [-0.2, -0.15) is 0 Å². The maximum Gasteiger partial charge on any atom is 0.0634 e. The predicted octanol–water partition coefficient (Wildman–Crippen LogP) is 3.55. The molecular formula is C15H24ClNO. The Bertz CT molecular complexity index is 353. The van der Waals surface area contributed by atoms with Gasteiger partial charge in [-0.3, -0.25) is 0 Å². The van der Waals surface area contributed by atoms with Gasteiger partial charge in [-0.05, 0) is 39.3 Å². The maximum absolute atomic E-state index is 6.13. The minimum atomic E-state index is -0.188. The molecule has 18 heavy (non-hydrogen) atoms. The van der Waals surface area contributed by atoms with Crippen molar-refractivity contribution >= 4 is 11.6 Å². The summed E-state index contributed by atoms with van der Waals surface area (Å²) in [5.41, 5.74) is 0.930. The molecule has 0 aliphatic heterocycles. The van der Waals surface area contributed by atoms with Crippen LogP contribution >= 0.6 is 11.6 Å². The smallest absolute Gasteiger partial charge is 0.0634 e. The van der Waals surface area contributed by atoms with Crippen LogP contribution in [-0.4, -0.2) is 25.1 Å². The van der Waals surface area contributed by atoms with Crippen LogP contribution in [0.4, 0.5) is 0 Å². The van der Waals surface area contributed by atoms with Gasteiger partial charge in [0.15, 0.2) is 0 Å². The Hall–Kier alpha value is -0.570. The van der Waals surface area contributed by atoms with E-state index >= 15 is 0 Å². The van der Waals surface area contributed by atoms with Gasteiger partial charge in [0.05, 0.1) is 11.1 Å². The van der Waals surface area contributed by atoms with E-state index in [0.717, 1.165) is 13.0 Å². The van der Waals surface area contributed by atoms with Crippen LogP contribution in [0.15, 0.2) is 30.3 Å². The molecule has 0 amide bonds. The molecule has 0 saturated carbocycles. The van der Waals surface area contributed by atoms with Crippen LogP contribution in [-0.2, 0) is 10.3 Å². The quantitative estimate of drug-likeness (QED) is 0.765. The molecule has 1 rings (SSSR count). The fraction of sp³-hybridized carbons (Fsp3) is 0.600. The van der Waals surface area contributed by atoms with E-state index in [1.807, 2.05) is 18.2 Å². The molecule has 0 heterocycles. The highest BCUT2D eigenvalue weighted by Gasteiger charge is 2.26. The molecular weight excluding hydrogens is 246 g/mol. The maximum atomic E-state index is 6.13. The summed E-state index contributed by atoms with van der Waals surface area (Å²) in [5, 5.41) is 3.54. The van der Waals surface area contributed by atoms with Crippen LogP contribution in [0, 0.1) is 0 Å². The Balaban J connectivity index is 2.62. The lowest BCUT2D eigenvalue weighted by molar-refractivity contribution is 0.0145. The predicted molar refractivity (Wildman–Crippen MR) is 78.2 cm³/mol. The molecule has 0 aliphatic rings. The molecule has 0 aliphatic carbocycles. The van der Waals surface area contributed by atoms with Gasteiger partial charge in [0, 0.05) is 13.0 Å². The third kappa shape index (κ3) is 4.27. The second kappa shape index (κ2) is 6.55. The first-order valence-corrected chi connectivity index (χ1v) is 6.89. The SMILES string of the molecule is COC(C)(C)CCNC(C)(CCl)c1ccccc1. The molecule has 0 bridgehead atoms. The zero-order valence-electron chi connectivity index (χ0n) is 11.8. The van der Waals surface area contributed by atoms with Crippen molar-refractivity contribution < 1.29 is 4.74 Å². The van der Waals surface area contributed by atoms with E-state index in [1.165, 1.54) is 5.56 Å². The number of alkyl halides is 1. The van der Waals surface area contributed by atoms with Gasteiger partial charge in [0.1, 0.15) is 0 Å². The topological polar surface area (TPSA) is 21.3 Å². The van der Waals surface area contributed by atoms with Crippen LogP contribution in [0.1, 0.15) is 32.8 Å². The summed E-state index contributed by atoms with van der Waals surface area (Å²) in [6.45, 7) is 7.19. The summed E-state index contributed by atoms with van der Waals surface area (Å²) >= 11 is 6.13. The van der Waals surface area contributed by atoms with Gasteiger partial charge in [0.25, 0.3) is 0 Å². The van der Waals surface area contributed by atoms with Crippen LogP contribution in [0.3, 0.4) is 0 Å². The second-order valence-corrected chi connectivity index (χ2v) is 5.74. The number of hydrogen-bond acceptors (Lipinski definition) is 2. The van der Waals surface area contributed by atoms with Gasteiger partial charge in [0.2, 0.25) is 0 Å². The van der Waals surface area contributed by atoms with E-state index in [9.17, 15) is 0 Å². The lowest BCUT2D eigenvalue weighted by Gasteiger charge is -2.31. The van der Waals surface area contributed by atoms with Crippen molar-refractivity contribution in [3.05, 3.63) is 35.9 Å². The number of nitrogens with one attached hydrogen (secondary N) is 1. The van der Waals surface area contributed by atoms with Crippen LogP contribution in [0.2, 0.25) is 0 Å². The molecule has 1 aromatic rings. The Morgan fingerprint density at radius 1 is 1.17 bits per heavy atom. The third-order valence-electron chi connectivity index (χ3n) is 3.47. The summed E-state index contributed by atoms with van der Waals surface area (Å²) < 4.78 is 5.42. The number of halogens is 1. The second-order valence-electron chi connectivity index (χ2n) is 5.47. The summed E-state index contributed by atoms with van der Waals surface area (Å²) in [6, 6.07) is 10.3. The summed E-state index contributed by atoms with van der Waals surface area (Å²) in [4.78, 5) is 0. The fourth-order valence-electron chi connectivity index (χ4n) is 1.77. The molecule has 0 radical (unpaired) electrons. The van der Waals surface area contributed by atoms with Crippen molar-refractivity contribution in [1.29, 1.82) is 0 Å². The van der Waals surface area contributed by atoms with Gasteiger partial charge >= 0.3 is 0 Å². The zero-order chi connectivity index (χ0) is 13.6. The lowest BCUT2D eigenvalue weighted by atomic mass is 9.93. The third-order valence-corrected chi connectivity index (χ3v) is 4.01. The monoisotopic (exact) mass is 269 g/mol. The van der Waals surface area contributed by atoms with E-state index in [2.05, 4.69) is 38.2 Å². The highest BCUT2D eigenvalue weighted by atomic mass is 35.5. The highest BCUT2D eigenvalue weighted by Crippen LogP contribution is 2.22. The Kier molecular flexibility index (Phi) is 5.64. The molecule has 0 saturated heterocycles. The fourth-order valence-corrected chi connectivity index (χ4v) is 2.02. The first kappa shape index (κ1) is 15.5. The molecule has 1 N–H and O–H groups in total. The Morgan fingerprint density at radius 3 is 2.28 bits per heavy atom. The summed E-state index contributed by atoms with van der Waals surface area (Å²) in [7, 11) is 1.75. The summed E-state index contributed by atoms with van der Waals surface area (Å²) in [5.74, 6) is 0.546. The minimum absolute atomic E-state index is 0.100. The summed E-state index contributed by atoms with van der Waals surface area (Å²) in [6.07, 6.45) is 0.947. The van der Waals surface area contributed by atoms with Crippen molar-refractivity contribution in [2.45, 2.75) is 38.3 Å². The number of methoxy groups -OCH3 is 1. The van der Waals surface area contributed by atoms with Gasteiger partial charge in [-0.25, -0.2) is 0 Å².